The van der Waals surface area contributed by atoms with Crippen molar-refractivity contribution in [2.24, 2.45) is 0 Å². The van der Waals surface area contributed by atoms with Gasteiger partial charge in [0.25, 0.3) is 0 Å². The molecule has 0 unspecified atom stereocenters. The highest BCUT2D eigenvalue weighted by atomic mass is 16.5. The van der Waals surface area contributed by atoms with Crippen LogP contribution < -0.4 is 15.2 Å². The second-order valence-corrected chi connectivity index (χ2v) is 6.21. The van der Waals surface area contributed by atoms with Gasteiger partial charge in [0.2, 0.25) is 5.91 Å². The number of carbonyl (C=O) groups is 1. The highest BCUT2D eigenvalue weighted by molar-refractivity contribution is 5.95. The first-order chi connectivity index (χ1) is 12.5. The number of amides is 1. The summed E-state index contributed by atoms with van der Waals surface area (Å²) in [5, 5.41) is 17.8. The van der Waals surface area contributed by atoms with E-state index in [1.165, 1.54) is 0 Å². The minimum absolute atomic E-state index is 0.194. The van der Waals surface area contributed by atoms with E-state index >= 15 is 0 Å². The number of aromatic nitrogens is 4. The van der Waals surface area contributed by atoms with Crippen molar-refractivity contribution < 1.29 is 9.53 Å². The third-order valence-electron chi connectivity index (χ3n) is 4.05. The summed E-state index contributed by atoms with van der Waals surface area (Å²) < 4.78 is 5.17. The zero-order valence-corrected chi connectivity index (χ0v) is 14.9. The molecule has 0 aliphatic heterocycles. The zero-order valence-electron chi connectivity index (χ0n) is 14.9. The first-order valence-corrected chi connectivity index (χ1v) is 8.26. The minimum Gasteiger partial charge on any atom is -0.497 e. The third kappa shape index (κ3) is 4.24. The van der Waals surface area contributed by atoms with Gasteiger partial charge in [-0.3, -0.25) is 15.1 Å². The number of methoxy groups -OCH3 is 1. The van der Waals surface area contributed by atoms with E-state index in [4.69, 9.17) is 4.74 Å². The molecular weight excluding hydrogens is 330 g/mol. The molecule has 0 aliphatic rings. The lowest BCUT2D eigenvalue weighted by molar-refractivity contribution is -0.117. The van der Waals surface area contributed by atoms with Crippen LogP contribution in [-0.4, -0.2) is 28.5 Å². The number of tetrazole rings is 1. The molecule has 1 heterocycles. The molecule has 0 saturated heterocycles. The number of nitrogens with zero attached hydrogens (tertiary/aromatic N) is 4. The van der Waals surface area contributed by atoms with Crippen LogP contribution in [0.5, 0.6) is 5.75 Å². The molecule has 134 valence electrons. The molecule has 7 nitrogen and oxygen atoms in total. The predicted molar refractivity (Wildman–Crippen MR) is 97.1 cm³/mol. The maximum absolute atomic E-state index is 12.9. The van der Waals surface area contributed by atoms with Crippen LogP contribution in [0.1, 0.15) is 28.4 Å². The molecule has 0 saturated carbocycles. The average Bonchev–Trinajstić information content (AvgIpc) is 3.13. The largest absolute Gasteiger partial charge is 0.497 e. The van der Waals surface area contributed by atoms with Crippen LogP contribution in [0.3, 0.4) is 0 Å². The van der Waals surface area contributed by atoms with Gasteiger partial charge in [-0.05, 0) is 61.2 Å². The quantitative estimate of drug-likeness (QED) is 0.734. The summed E-state index contributed by atoms with van der Waals surface area (Å²) in [4.78, 5) is 12.9. The molecule has 7 heteroatoms. The first-order valence-electron chi connectivity index (χ1n) is 8.26. The standard InChI is InChI=1S/C19H21N5O2/c1-12-8-13(2)10-15(9-12)20-19(25)17(18-21-23-24-22-18)11-14-4-6-16(26-3)7-5-14/h4-10,17H,11H2,1-3H3,(H2,20,21,22,23,24,25)/p-1/t17-/m0/s1. The topological polar surface area (TPSA) is 91.1 Å². The molecule has 0 radical (unpaired) electrons. The lowest BCUT2D eigenvalue weighted by Crippen LogP contribution is -2.24. The van der Waals surface area contributed by atoms with E-state index in [0.717, 1.165) is 28.1 Å². The number of nitrogens with one attached hydrogen (secondary N) is 1. The fraction of sp³-hybridized carbons (Fsp3) is 0.263. The molecule has 1 amide bonds. The molecule has 0 aliphatic carbocycles. The van der Waals surface area contributed by atoms with Gasteiger partial charge < -0.3 is 15.2 Å². The Hall–Kier alpha value is -3.22. The number of rotatable bonds is 6. The van der Waals surface area contributed by atoms with Crippen LogP contribution >= 0.6 is 0 Å². The monoisotopic (exact) mass is 350 g/mol. The van der Waals surface area contributed by atoms with Crippen molar-refractivity contribution in [2.75, 3.05) is 12.4 Å². The number of ether oxygens (including phenoxy) is 1. The van der Waals surface area contributed by atoms with E-state index in [0.29, 0.717) is 12.2 Å². The van der Waals surface area contributed by atoms with Gasteiger partial charge in [0.15, 0.2) is 0 Å². The number of carbonyl (C=O) groups excluding carboxylic acids is 1. The molecule has 2 aromatic carbocycles. The number of hydrogen-bond donors (Lipinski definition) is 1. The number of hydrogen-bond acceptors (Lipinski definition) is 5. The Morgan fingerprint density at radius 2 is 1.85 bits per heavy atom. The molecular formula is C19H20N5O2-. The van der Waals surface area contributed by atoms with Crippen LogP contribution in [0.4, 0.5) is 5.69 Å². The number of aryl methyl sites for hydroxylation is 2. The van der Waals surface area contributed by atoms with Crippen LogP contribution in [0, 0.1) is 13.8 Å². The molecule has 26 heavy (non-hydrogen) atoms. The summed E-state index contributed by atoms with van der Waals surface area (Å²) in [7, 11) is 1.62. The van der Waals surface area contributed by atoms with E-state index in [9.17, 15) is 4.79 Å². The lowest BCUT2D eigenvalue weighted by atomic mass is 9.97. The van der Waals surface area contributed by atoms with Crippen LogP contribution in [-0.2, 0) is 11.2 Å². The maximum Gasteiger partial charge on any atom is 0.232 e. The summed E-state index contributed by atoms with van der Waals surface area (Å²) in [6, 6.07) is 13.5. The second kappa shape index (κ2) is 7.77. The molecule has 0 spiro atoms. The van der Waals surface area contributed by atoms with E-state index < -0.39 is 5.92 Å². The fourth-order valence-electron chi connectivity index (χ4n) is 2.87. The summed E-state index contributed by atoms with van der Waals surface area (Å²) in [5.74, 6) is 0.292. The van der Waals surface area contributed by atoms with Gasteiger partial charge in [-0.15, -0.1) is 0 Å². The average molecular weight is 350 g/mol. The Bertz CT molecular complexity index is 855. The van der Waals surface area contributed by atoms with Crippen molar-refractivity contribution in [3.8, 4) is 5.75 Å². The van der Waals surface area contributed by atoms with Gasteiger partial charge in [-0.2, -0.15) is 5.21 Å². The third-order valence-corrected chi connectivity index (χ3v) is 4.05. The molecule has 1 N–H and O–H groups in total. The lowest BCUT2D eigenvalue weighted by Gasteiger charge is -2.18. The molecule has 0 fully saturated rings. The smallest absolute Gasteiger partial charge is 0.232 e. The van der Waals surface area contributed by atoms with Crippen LogP contribution in [0.15, 0.2) is 42.5 Å². The Morgan fingerprint density at radius 3 is 2.42 bits per heavy atom. The Balaban J connectivity index is 1.82. The fourth-order valence-corrected chi connectivity index (χ4v) is 2.87. The molecule has 1 atom stereocenters. The van der Waals surface area contributed by atoms with Gasteiger partial charge in [-0.1, -0.05) is 18.2 Å². The van der Waals surface area contributed by atoms with E-state index in [1.54, 1.807) is 7.11 Å². The van der Waals surface area contributed by atoms with Gasteiger partial charge in [0.05, 0.1) is 13.0 Å². The highest BCUT2D eigenvalue weighted by Gasteiger charge is 2.21. The molecule has 3 rings (SSSR count). The highest BCUT2D eigenvalue weighted by Crippen LogP contribution is 2.22. The van der Waals surface area contributed by atoms with E-state index in [1.807, 2.05) is 50.2 Å². The van der Waals surface area contributed by atoms with E-state index in [2.05, 4.69) is 32.0 Å². The normalized spacial score (nSPS) is 11.8. The maximum atomic E-state index is 12.9. The summed E-state index contributed by atoms with van der Waals surface area (Å²) in [5.41, 5.74) is 3.88. The van der Waals surface area contributed by atoms with Gasteiger partial charge in [0, 0.05) is 11.5 Å². The van der Waals surface area contributed by atoms with Crippen LogP contribution in [0.25, 0.3) is 0 Å². The van der Waals surface area contributed by atoms with Crippen molar-refractivity contribution in [1.29, 1.82) is 0 Å². The second-order valence-electron chi connectivity index (χ2n) is 6.21. The molecule has 3 aromatic rings. The van der Waals surface area contributed by atoms with Crippen molar-refractivity contribution in [3.05, 3.63) is 65.0 Å². The number of anilines is 1. The Labute approximate surface area is 151 Å². The Kier molecular flexibility index (Phi) is 5.26. The SMILES string of the molecule is COc1ccc(C[C@H](C(=O)Nc2cc(C)cc(C)c2)c2nnn[n-]2)cc1. The van der Waals surface area contributed by atoms with Gasteiger partial charge in [0.1, 0.15) is 5.75 Å². The van der Waals surface area contributed by atoms with E-state index in [-0.39, 0.29) is 5.91 Å². The Morgan fingerprint density at radius 1 is 1.15 bits per heavy atom. The first kappa shape index (κ1) is 17.6. The number of benzene rings is 2. The predicted octanol–water partition coefficient (Wildman–Crippen LogP) is 2.42. The summed E-state index contributed by atoms with van der Waals surface area (Å²) in [6.45, 7) is 3.98. The summed E-state index contributed by atoms with van der Waals surface area (Å²) in [6.07, 6.45) is 0.438. The van der Waals surface area contributed by atoms with Crippen molar-refractivity contribution >= 4 is 11.6 Å². The van der Waals surface area contributed by atoms with Crippen LogP contribution in [0.2, 0.25) is 0 Å². The van der Waals surface area contributed by atoms with Gasteiger partial charge >= 0.3 is 0 Å². The molecule has 1 aromatic heterocycles. The van der Waals surface area contributed by atoms with Crippen molar-refractivity contribution in [2.45, 2.75) is 26.2 Å². The van der Waals surface area contributed by atoms with Crippen molar-refractivity contribution in [3.63, 3.8) is 0 Å². The molecule has 0 bridgehead atoms. The summed E-state index contributed by atoms with van der Waals surface area (Å²) >= 11 is 0. The minimum atomic E-state index is -0.584. The van der Waals surface area contributed by atoms with Gasteiger partial charge in [-0.25, -0.2) is 0 Å². The zero-order chi connectivity index (χ0) is 18.5. The van der Waals surface area contributed by atoms with Crippen molar-refractivity contribution in [1.82, 2.24) is 20.6 Å².